The predicted octanol–water partition coefficient (Wildman–Crippen LogP) is 3.88. The van der Waals surface area contributed by atoms with Gasteiger partial charge in [0, 0.05) is 18.4 Å². The van der Waals surface area contributed by atoms with Crippen LogP contribution < -0.4 is 5.32 Å². The number of aromatic nitrogens is 2. The summed E-state index contributed by atoms with van der Waals surface area (Å²) >= 11 is 0. The molecule has 0 unspecified atom stereocenters. The van der Waals surface area contributed by atoms with Crippen molar-refractivity contribution in [1.29, 1.82) is 0 Å². The largest absolute Gasteiger partial charge is 0.419 e. The lowest BCUT2D eigenvalue weighted by molar-refractivity contribution is -0.138. The molecule has 0 bridgehead atoms. The number of alkyl halides is 3. The highest BCUT2D eigenvalue weighted by molar-refractivity contribution is 5.27. The van der Waals surface area contributed by atoms with E-state index in [0.29, 0.717) is 0 Å². The molecule has 0 radical (unpaired) electrons. The van der Waals surface area contributed by atoms with Crippen LogP contribution in [0.1, 0.15) is 45.1 Å². The van der Waals surface area contributed by atoms with Crippen molar-refractivity contribution in [2.45, 2.75) is 51.7 Å². The molecule has 0 aliphatic carbocycles. The summed E-state index contributed by atoms with van der Waals surface area (Å²) in [7, 11) is 0. The second-order valence-electron chi connectivity index (χ2n) is 4.21. The zero-order chi connectivity index (χ0) is 13.6. The second-order valence-corrected chi connectivity index (χ2v) is 4.21. The highest BCUT2D eigenvalue weighted by atomic mass is 19.4. The molecule has 3 nitrogen and oxygen atoms in total. The molecule has 1 rings (SSSR count). The van der Waals surface area contributed by atoms with E-state index in [1.165, 1.54) is 0 Å². The third kappa shape index (κ3) is 4.50. The van der Waals surface area contributed by atoms with Crippen LogP contribution in [-0.2, 0) is 6.18 Å². The van der Waals surface area contributed by atoms with Crippen molar-refractivity contribution in [3.05, 3.63) is 18.0 Å². The van der Waals surface area contributed by atoms with E-state index in [-0.39, 0.29) is 12.0 Å². The summed E-state index contributed by atoms with van der Waals surface area (Å²) in [6.07, 6.45) is 1.17. The summed E-state index contributed by atoms with van der Waals surface area (Å²) in [5, 5.41) is 3.07. The Morgan fingerprint density at radius 3 is 2.00 bits per heavy atom. The minimum absolute atomic E-state index is 0.219. The molecule has 0 saturated heterocycles. The van der Waals surface area contributed by atoms with Crippen LogP contribution in [0.4, 0.5) is 19.1 Å². The van der Waals surface area contributed by atoms with E-state index < -0.39 is 11.7 Å². The van der Waals surface area contributed by atoms with Gasteiger partial charge in [-0.2, -0.15) is 13.2 Å². The number of hydrogen-bond acceptors (Lipinski definition) is 3. The Balaban J connectivity index is 2.67. The Bertz CT molecular complexity index is 343. The van der Waals surface area contributed by atoms with Gasteiger partial charge < -0.3 is 5.32 Å². The van der Waals surface area contributed by atoms with Gasteiger partial charge in [-0.25, -0.2) is 9.97 Å². The Morgan fingerprint density at radius 1 is 1.11 bits per heavy atom. The van der Waals surface area contributed by atoms with Gasteiger partial charge in [0.1, 0.15) is 0 Å². The van der Waals surface area contributed by atoms with E-state index in [0.717, 1.165) is 38.1 Å². The normalized spacial score (nSPS) is 11.9. The number of anilines is 1. The van der Waals surface area contributed by atoms with Crippen LogP contribution in [0.2, 0.25) is 0 Å². The molecule has 0 aromatic carbocycles. The molecule has 0 spiro atoms. The first-order valence-corrected chi connectivity index (χ1v) is 6.13. The number of nitrogens with zero attached hydrogens (tertiary/aromatic N) is 2. The van der Waals surface area contributed by atoms with E-state index in [4.69, 9.17) is 0 Å². The Hall–Kier alpha value is -1.33. The first kappa shape index (κ1) is 14.7. The van der Waals surface area contributed by atoms with Crippen molar-refractivity contribution in [1.82, 2.24) is 9.97 Å². The van der Waals surface area contributed by atoms with Gasteiger partial charge in [0.25, 0.3) is 0 Å². The highest BCUT2D eigenvalue weighted by Crippen LogP contribution is 2.28. The van der Waals surface area contributed by atoms with Gasteiger partial charge in [-0.3, -0.25) is 0 Å². The zero-order valence-electron chi connectivity index (χ0n) is 10.6. The Labute approximate surface area is 105 Å². The summed E-state index contributed by atoms with van der Waals surface area (Å²) in [6, 6.07) is 0.219. The quantitative estimate of drug-likeness (QED) is 0.844. The Morgan fingerprint density at radius 2 is 1.61 bits per heavy atom. The molecule has 102 valence electrons. The molecule has 0 saturated carbocycles. The molecule has 0 atom stereocenters. The van der Waals surface area contributed by atoms with Gasteiger partial charge in [0.05, 0.1) is 5.56 Å². The summed E-state index contributed by atoms with van der Waals surface area (Å²) in [6.45, 7) is 4.13. The van der Waals surface area contributed by atoms with E-state index >= 15 is 0 Å². The first-order valence-electron chi connectivity index (χ1n) is 6.13. The lowest BCUT2D eigenvalue weighted by atomic mass is 10.1. The van der Waals surface area contributed by atoms with Crippen LogP contribution in [0, 0.1) is 0 Å². The minimum atomic E-state index is -4.38. The van der Waals surface area contributed by atoms with Crippen molar-refractivity contribution in [3.63, 3.8) is 0 Å². The molecule has 1 aromatic heterocycles. The smallest absolute Gasteiger partial charge is 0.351 e. The fourth-order valence-electron chi connectivity index (χ4n) is 1.72. The molecule has 1 N–H and O–H groups in total. The van der Waals surface area contributed by atoms with E-state index in [9.17, 15) is 13.2 Å². The molecule has 0 fully saturated rings. The SMILES string of the molecule is CCCC(CCC)Nc1ncc(C(F)(F)F)cn1. The Kier molecular flexibility index (Phi) is 5.37. The van der Waals surface area contributed by atoms with Crippen LogP contribution in [0.25, 0.3) is 0 Å². The first-order chi connectivity index (χ1) is 8.47. The number of nitrogens with one attached hydrogen (secondary N) is 1. The highest BCUT2D eigenvalue weighted by Gasteiger charge is 2.31. The van der Waals surface area contributed by atoms with E-state index in [1.54, 1.807) is 0 Å². The summed E-state index contributed by atoms with van der Waals surface area (Å²) in [5.41, 5.74) is -0.824. The van der Waals surface area contributed by atoms with Gasteiger partial charge >= 0.3 is 6.18 Å². The van der Waals surface area contributed by atoms with Crippen LogP contribution >= 0.6 is 0 Å². The van der Waals surface area contributed by atoms with Gasteiger partial charge in [0.15, 0.2) is 0 Å². The molecule has 18 heavy (non-hydrogen) atoms. The summed E-state index contributed by atoms with van der Waals surface area (Å²) in [4.78, 5) is 7.41. The van der Waals surface area contributed by atoms with Crippen LogP contribution in [0.3, 0.4) is 0 Å². The molecule has 1 heterocycles. The van der Waals surface area contributed by atoms with Crippen molar-refractivity contribution in [3.8, 4) is 0 Å². The third-order valence-electron chi connectivity index (χ3n) is 2.59. The van der Waals surface area contributed by atoms with Gasteiger partial charge in [-0.1, -0.05) is 26.7 Å². The minimum Gasteiger partial charge on any atom is -0.351 e. The van der Waals surface area contributed by atoms with E-state index in [2.05, 4.69) is 29.1 Å². The maximum atomic E-state index is 12.3. The average Bonchev–Trinajstić information content (AvgIpc) is 2.29. The van der Waals surface area contributed by atoms with Gasteiger partial charge in [0.2, 0.25) is 5.95 Å². The van der Waals surface area contributed by atoms with Crippen molar-refractivity contribution >= 4 is 5.95 Å². The van der Waals surface area contributed by atoms with Crippen molar-refractivity contribution < 1.29 is 13.2 Å². The molecule has 0 amide bonds. The molecule has 1 aromatic rings. The lowest BCUT2D eigenvalue weighted by Gasteiger charge is -2.17. The standard InChI is InChI=1S/C12H18F3N3/c1-3-5-10(6-4-2)18-11-16-7-9(8-17-11)12(13,14)15/h7-8,10H,3-6H2,1-2H3,(H,16,17,18). The topological polar surface area (TPSA) is 37.8 Å². The number of halogens is 3. The van der Waals surface area contributed by atoms with Crippen LogP contribution in [-0.4, -0.2) is 16.0 Å². The predicted molar refractivity (Wildman–Crippen MR) is 64.3 cm³/mol. The van der Waals surface area contributed by atoms with E-state index in [1.807, 2.05) is 0 Å². The molecular weight excluding hydrogens is 243 g/mol. The third-order valence-corrected chi connectivity index (χ3v) is 2.59. The average molecular weight is 261 g/mol. The number of rotatable bonds is 6. The lowest BCUT2D eigenvalue weighted by Crippen LogP contribution is -2.20. The monoisotopic (exact) mass is 261 g/mol. The van der Waals surface area contributed by atoms with Crippen molar-refractivity contribution in [2.75, 3.05) is 5.32 Å². The fourth-order valence-corrected chi connectivity index (χ4v) is 1.72. The van der Waals surface area contributed by atoms with Crippen LogP contribution in [0.5, 0.6) is 0 Å². The molecule has 6 heteroatoms. The molecule has 0 aliphatic heterocycles. The van der Waals surface area contributed by atoms with Gasteiger partial charge in [-0.15, -0.1) is 0 Å². The summed E-state index contributed by atoms with van der Waals surface area (Å²) < 4.78 is 37.0. The maximum absolute atomic E-state index is 12.3. The van der Waals surface area contributed by atoms with Gasteiger partial charge in [-0.05, 0) is 12.8 Å². The molecular formula is C12H18F3N3. The van der Waals surface area contributed by atoms with Crippen molar-refractivity contribution in [2.24, 2.45) is 0 Å². The maximum Gasteiger partial charge on any atom is 0.419 e. The number of hydrogen-bond donors (Lipinski definition) is 1. The zero-order valence-corrected chi connectivity index (χ0v) is 10.6. The second kappa shape index (κ2) is 6.56. The van der Waals surface area contributed by atoms with Crippen LogP contribution in [0.15, 0.2) is 12.4 Å². The molecule has 0 aliphatic rings. The fraction of sp³-hybridized carbons (Fsp3) is 0.667. The summed E-state index contributed by atoms with van der Waals surface area (Å²) in [5.74, 6) is 0.259.